The lowest BCUT2D eigenvalue weighted by atomic mass is 9.91. The van der Waals surface area contributed by atoms with Gasteiger partial charge in [-0.25, -0.2) is 0 Å². The zero-order chi connectivity index (χ0) is 15.3. The summed E-state index contributed by atoms with van der Waals surface area (Å²) < 4.78 is 0. The molecule has 1 amide bonds. The molecule has 21 heavy (non-hydrogen) atoms. The average molecular weight is 295 g/mol. The lowest BCUT2D eigenvalue weighted by Gasteiger charge is -2.40. The smallest absolute Gasteiger partial charge is 0.243 e. The van der Waals surface area contributed by atoms with Crippen LogP contribution in [0.5, 0.6) is 0 Å². The molecule has 2 rings (SSSR count). The monoisotopic (exact) mass is 295 g/mol. The van der Waals surface area contributed by atoms with E-state index < -0.39 is 5.54 Å². The molecule has 2 fully saturated rings. The molecule has 2 saturated heterocycles. The molecule has 0 aromatic heterocycles. The second kappa shape index (κ2) is 7.38. The van der Waals surface area contributed by atoms with Gasteiger partial charge in [-0.05, 0) is 32.2 Å². The zero-order valence-electron chi connectivity index (χ0n) is 13.2. The van der Waals surface area contributed by atoms with Crippen molar-refractivity contribution >= 4 is 5.91 Å². The molecule has 0 bridgehead atoms. The van der Waals surface area contributed by atoms with Crippen LogP contribution in [-0.2, 0) is 4.79 Å². The molecule has 0 aliphatic carbocycles. The molecular formula is C16H29N3O2. The van der Waals surface area contributed by atoms with Crippen LogP contribution in [0.4, 0.5) is 0 Å². The van der Waals surface area contributed by atoms with E-state index in [0.717, 1.165) is 52.0 Å². The van der Waals surface area contributed by atoms with E-state index >= 15 is 0 Å². The fourth-order valence-electron chi connectivity index (χ4n) is 3.36. The van der Waals surface area contributed by atoms with Gasteiger partial charge in [0.15, 0.2) is 0 Å². The van der Waals surface area contributed by atoms with Crippen LogP contribution in [0.15, 0.2) is 12.7 Å². The van der Waals surface area contributed by atoms with Crippen molar-refractivity contribution in [1.29, 1.82) is 0 Å². The Morgan fingerprint density at radius 3 is 2.67 bits per heavy atom. The Labute approximate surface area is 128 Å². The van der Waals surface area contributed by atoms with Crippen LogP contribution in [0.1, 0.15) is 32.6 Å². The van der Waals surface area contributed by atoms with Gasteiger partial charge in [0.05, 0.1) is 6.10 Å². The number of amides is 1. The minimum absolute atomic E-state index is 0.232. The molecule has 2 unspecified atom stereocenters. The number of piperazine rings is 1. The van der Waals surface area contributed by atoms with Gasteiger partial charge >= 0.3 is 0 Å². The van der Waals surface area contributed by atoms with E-state index in [1.54, 1.807) is 0 Å². The third-order valence-electron chi connectivity index (χ3n) is 4.75. The number of aliphatic hydroxyl groups is 1. The van der Waals surface area contributed by atoms with Crippen LogP contribution in [0.25, 0.3) is 0 Å². The summed E-state index contributed by atoms with van der Waals surface area (Å²) in [7, 11) is 0. The molecule has 2 aliphatic rings. The summed E-state index contributed by atoms with van der Waals surface area (Å²) in [6, 6.07) is 0. The largest absolute Gasteiger partial charge is 0.392 e. The van der Waals surface area contributed by atoms with Crippen LogP contribution in [0.3, 0.4) is 0 Å². The Morgan fingerprint density at radius 2 is 2.14 bits per heavy atom. The molecular weight excluding hydrogens is 266 g/mol. The lowest BCUT2D eigenvalue weighted by Crippen LogP contribution is -2.59. The Morgan fingerprint density at radius 1 is 1.43 bits per heavy atom. The average Bonchev–Trinajstić information content (AvgIpc) is 2.97. The molecule has 2 atom stereocenters. The van der Waals surface area contributed by atoms with E-state index in [1.807, 2.05) is 17.9 Å². The molecule has 0 spiro atoms. The number of rotatable bonds is 6. The number of aliphatic hydroxyl groups excluding tert-OH is 1. The second-order valence-electron chi connectivity index (χ2n) is 6.26. The van der Waals surface area contributed by atoms with Crippen molar-refractivity contribution in [3.05, 3.63) is 12.7 Å². The van der Waals surface area contributed by atoms with Crippen LogP contribution in [-0.4, -0.2) is 71.7 Å². The van der Waals surface area contributed by atoms with Crippen LogP contribution in [0, 0.1) is 0 Å². The van der Waals surface area contributed by atoms with Gasteiger partial charge in [0.2, 0.25) is 5.91 Å². The highest BCUT2D eigenvalue weighted by Gasteiger charge is 2.42. The quantitative estimate of drug-likeness (QED) is 0.705. The van der Waals surface area contributed by atoms with Gasteiger partial charge in [-0.2, -0.15) is 0 Å². The predicted octanol–water partition coefficient (Wildman–Crippen LogP) is 0.600. The first-order valence-electron chi connectivity index (χ1n) is 8.17. The molecule has 2 aliphatic heterocycles. The summed E-state index contributed by atoms with van der Waals surface area (Å²) in [6.45, 7) is 10.7. The molecule has 5 heteroatoms. The molecule has 2 heterocycles. The van der Waals surface area contributed by atoms with E-state index in [0.29, 0.717) is 13.0 Å². The second-order valence-corrected chi connectivity index (χ2v) is 6.26. The topological polar surface area (TPSA) is 55.8 Å². The highest BCUT2D eigenvalue weighted by atomic mass is 16.3. The number of carbonyl (C=O) groups excluding carboxylic acids is 1. The fraction of sp³-hybridized carbons (Fsp3) is 0.812. The Bertz CT molecular complexity index is 359. The summed E-state index contributed by atoms with van der Waals surface area (Å²) in [6.07, 6.45) is 5.06. The van der Waals surface area contributed by atoms with Crippen molar-refractivity contribution in [2.75, 3.05) is 39.3 Å². The van der Waals surface area contributed by atoms with Crippen molar-refractivity contribution in [2.45, 2.75) is 44.2 Å². The van der Waals surface area contributed by atoms with Gasteiger partial charge in [-0.3, -0.25) is 9.69 Å². The minimum atomic E-state index is -0.410. The Balaban J connectivity index is 1.89. The van der Waals surface area contributed by atoms with Gasteiger partial charge in [-0.15, -0.1) is 6.58 Å². The highest BCUT2D eigenvalue weighted by molar-refractivity contribution is 5.87. The van der Waals surface area contributed by atoms with Gasteiger partial charge in [0, 0.05) is 32.7 Å². The normalized spacial score (nSPS) is 28.6. The zero-order valence-corrected chi connectivity index (χ0v) is 13.2. The Hall–Kier alpha value is -0.910. The first-order chi connectivity index (χ1) is 10.1. The van der Waals surface area contributed by atoms with Crippen molar-refractivity contribution in [2.24, 2.45) is 0 Å². The molecule has 0 aromatic carbocycles. The summed E-state index contributed by atoms with van der Waals surface area (Å²) in [4.78, 5) is 17.1. The molecule has 2 N–H and O–H groups in total. The van der Waals surface area contributed by atoms with Crippen molar-refractivity contribution in [3.8, 4) is 0 Å². The number of hydrogen-bond donors (Lipinski definition) is 2. The lowest BCUT2D eigenvalue weighted by molar-refractivity contribution is -0.139. The maximum atomic E-state index is 12.8. The predicted molar refractivity (Wildman–Crippen MR) is 84.1 cm³/mol. The van der Waals surface area contributed by atoms with E-state index in [2.05, 4.69) is 16.8 Å². The summed E-state index contributed by atoms with van der Waals surface area (Å²) >= 11 is 0. The minimum Gasteiger partial charge on any atom is -0.392 e. The fourth-order valence-corrected chi connectivity index (χ4v) is 3.36. The number of nitrogens with zero attached hydrogens (tertiary/aromatic N) is 2. The van der Waals surface area contributed by atoms with Gasteiger partial charge < -0.3 is 15.3 Å². The maximum Gasteiger partial charge on any atom is 0.243 e. The number of β-amino-alcohol motifs (C(OH)–C–C–N with tert-alkyl or cyclic N) is 1. The maximum absolute atomic E-state index is 12.8. The number of carbonyl (C=O) groups is 1. The van der Waals surface area contributed by atoms with Crippen molar-refractivity contribution < 1.29 is 9.90 Å². The van der Waals surface area contributed by atoms with Gasteiger partial charge in [0.1, 0.15) is 5.54 Å². The highest BCUT2D eigenvalue weighted by Crippen LogP contribution is 2.26. The number of hydrogen-bond acceptors (Lipinski definition) is 4. The van der Waals surface area contributed by atoms with Crippen LogP contribution >= 0.6 is 0 Å². The van der Waals surface area contributed by atoms with E-state index in [9.17, 15) is 9.90 Å². The molecule has 5 nitrogen and oxygen atoms in total. The number of nitrogens with one attached hydrogen (secondary N) is 1. The molecule has 120 valence electrons. The Kier molecular flexibility index (Phi) is 5.79. The third kappa shape index (κ3) is 3.84. The van der Waals surface area contributed by atoms with E-state index in [1.165, 1.54) is 0 Å². The van der Waals surface area contributed by atoms with Gasteiger partial charge in [0.25, 0.3) is 0 Å². The summed E-state index contributed by atoms with van der Waals surface area (Å²) in [5.41, 5.74) is -0.410. The third-order valence-corrected chi connectivity index (χ3v) is 4.75. The first-order valence-corrected chi connectivity index (χ1v) is 8.17. The summed E-state index contributed by atoms with van der Waals surface area (Å²) in [5.74, 6) is 0.232. The van der Waals surface area contributed by atoms with E-state index in [4.69, 9.17) is 0 Å². The van der Waals surface area contributed by atoms with Crippen LogP contribution < -0.4 is 5.32 Å². The SMILES string of the molecule is C=CCC1(C(=O)N2CCN(CC(O)CC)CC2)CCCN1. The molecule has 0 radical (unpaired) electrons. The molecule has 0 saturated carbocycles. The van der Waals surface area contributed by atoms with Crippen molar-refractivity contribution in [3.63, 3.8) is 0 Å². The molecule has 0 aromatic rings. The van der Waals surface area contributed by atoms with Crippen molar-refractivity contribution in [1.82, 2.24) is 15.1 Å². The standard InChI is InChI=1S/C16H29N3O2/c1-3-6-16(7-5-8-17-16)15(21)19-11-9-18(10-12-19)13-14(20)4-2/h3,14,17,20H,1,4-13H2,2H3. The first kappa shape index (κ1) is 16.5. The van der Waals surface area contributed by atoms with Crippen LogP contribution in [0.2, 0.25) is 0 Å². The van der Waals surface area contributed by atoms with Gasteiger partial charge in [-0.1, -0.05) is 13.0 Å². The summed E-state index contributed by atoms with van der Waals surface area (Å²) in [5, 5.41) is 13.1. The van der Waals surface area contributed by atoms with E-state index in [-0.39, 0.29) is 12.0 Å².